The molecule has 0 heterocycles. The molecule has 0 aromatic heterocycles. The highest BCUT2D eigenvalue weighted by atomic mass is 16.5. The molecule has 4 heteroatoms. The van der Waals surface area contributed by atoms with Crippen molar-refractivity contribution in [2.24, 2.45) is 0 Å². The number of amides is 1. The third-order valence-corrected chi connectivity index (χ3v) is 4.64. The first-order valence-corrected chi connectivity index (χ1v) is 9.73. The van der Waals surface area contributed by atoms with Crippen LogP contribution >= 0.6 is 0 Å². The first-order valence-electron chi connectivity index (χ1n) is 9.73. The molecular formula is C25H24N2O2. The van der Waals surface area contributed by atoms with E-state index in [0.29, 0.717) is 31.7 Å². The SMILES string of the molecule is N#CCCN(CCc1ccccc1)C(=O)c1ccc(OCc2ccccc2)cc1. The number of hydrogen-bond acceptors (Lipinski definition) is 3. The van der Waals surface area contributed by atoms with E-state index >= 15 is 0 Å². The standard InChI is InChI=1S/C25H24N2O2/c26-17-7-18-27(19-16-21-8-3-1-4-9-21)25(28)23-12-14-24(15-13-23)29-20-22-10-5-2-6-11-22/h1-6,8-15H,7,16,18-20H2. The average molecular weight is 384 g/mol. The zero-order valence-electron chi connectivity index (χ0n) is 16.3. The van der Waals surface area contributed by atoms with E-state index in [9.17, 15) is 4.79 Å². The molecule has 146 valence electrons. The predicted molar refractivity (Wildman–Crippen MR) is 113 cm³/mol. The number of benzene rings is 3. The monoisotopic (exact) mass is 384 g/mol. The van der Waals surface area contributed by atoms with E-state index in [0.717, 1.165) is 17.7 Å². The minimum Gasteiger partial charge on any atom is -0.489 e. The molecule has 0 spiro atoms. The molecule has 29 heavy (non-hydrogen) atoms. The molecule has 0 aliphatic heterocycles. The molecular weight excluding hydrogens is 360 g/mol. The number of hydrogen-bond donors (Lipinski definition) is 0. The molecule has 0 saturated heterocycles. The first-order chi connectivity index (χ1) is 14.3. The van der Waals surface area contributed by atoms with Crippen molar-refractivity contribution < 1.29 is 9.53 Å². The molecule has 0 fully saturated rings. The Balaban J connectivity index is 1.61. The van der Waals surface area contributed by atoms with E-state index in [1.807, 2.05) is 72.8 Å². The highest BCUT2D eigenvalue weighted by Crippen LogP contribution is 2.16. The van der Waals surface area contributed by atoms with Crippen LogP contribution < -0.4 is 4.74 Å². The maximum atomic E-state index is 12.9. The van der Waals surface area contributed by atoms with Crippen LogP contribution in [0.4, 0.5) is 0 Å². The van der Waals surface area contributed by atoms with E-state index in [1.54, 1.807) is 17.0 Å². The fourth-order valence-corrected chi connectivity index (χ4v) is 3.03. The Bertz CT molecular complexity index is 932. The van der Waals surface area contributed by atoms with Gasteiger partial charge in [0.25, 0.3) is 5.91 Å². The Morgan fingerprint density at radius 2 is 1.45 bits per heavy atom. The van der Waals surface area contributed by atoms with Crippen LogP contribution in [0.5, 0.6) is 5.75 Å². The minimum absolute atomic E-state index is 0.0641. The van der Waals surface area contributed by atoms with Crippen LogP contribution in [0, 0.1) is 11.3 Å². The Kier molecular flexibility index (Phi) is 7.42. The second-order valence-electron chi connectivity index (χ2n) is 6.73. The number of nitrogens with zero attached hydrogens (tertiary/aromatic N) is 2. The molecule has 1 amide bonds. The molecule has 0 aliphatic rings. The van der Waals surface area contributed by atoms with Crippen molar-refractivity contribution in [3.05, 3.63) is 102 Å². The largest absolute Gasteiger partial charge is 0.489 e. The van der Waals surface area contributed by atoms with E-state index in [1.165, 1.54) is 5.56 Å². The third-order valence-electron chi connectivity index (χ3n) is 4.64. The molecule has 0 aliphatic carbocycles. The van der Waals surface area contributed by atoms with Crippen LogP contribution in [0.1, 0.15) is 27.9 Å². The van der Waals surface area contributed by atoms with Crippen LogP contribution in [0.2, 0.25) is 0 Å². The molecule has 3 aromatic carbocycles. The highest BCUT2D eigenvalue weighted by molar-refractivity contribution is 5.94. The lowest BCUT2D eigenvalue weighted by atomic mass is 10.1. The van der Waals surface area contributed by atoms with Gasteiger partial charge in [-0.1, -0.05) is 60.7 Å². The van der Waals surface area contributed by atoms with Crippen molar-refractivity contribution in [3.8, 4) is 11.8 Å². The van der Waals surface area contributed by atoms with Crippen molar-refractivity contribution in [1.29, 1.82) is 5.26 Å². The highest BCUT2D eigenvalue weighted by Gasteiger charge is 2.15. The minimum atomic E-state index is -0.0641. The number of carbonyl (C=O) groups excluding carboxylic acids is 1. The summed E-state index contributed by atoms with van der Waals surface area (Å²) in [4.78, 5) is 14.7. The number of carbonyl (C=O) groups is 1. The summed E-state index contributed by atoms with van der Waals surface area (Å²) in [7, 11) is 0. The van der Waals surface area contributed by atoms with Gasteiger partial charge in [0.2, 0.25) is 0 Å². The Labute approximate surface area is 172 Å². The molecule has 0 radical (unpaired) electrons. The van der Waals surface area contributed by atoms with Gasteiger partial charge in [-0.2, -0.15) is 5.26 Å². The maximum absolute atomic E-state index is 12.9. The van der Waals surface area contributed by atoms with Gasteiger partial charge in [0.15, 0.2) is 0 Å². The van der Waals surface area contributed by atoms with Gasteiger partial charge in [-0.25, -0.2) is 0 Å². The van der Waals surface area contributed by atoms with Crippen molar-refractivity contribution in [2.45, 2.75) is 19.4 Å². The second kappa shape index (κ2) is 10.7. The molecule has 0 N–H and O–H groups in total. The number of ether oxygens (including phenoxy) is 1. The van der Waals surface area contributed by atoms with Gasteiger partial charge in [0.1, 0.15) is 12.4 Å². The van der Waals surface area contributed by atoms with Crippen LogP contribution in [0.25, 0.3) is 0 Å². The average Bonchev–Trinajstić information content (AvgIpc) is 2.79. The Hall–Kier alpha value is -3.58. The fourth-order valence-electron chi connectivity index (χ4n) is 3.03. The van der Waals surface area contributed by atoms with Gasteiger partial charge in [-0.15, -0.1) is 0 Å². The maximum Gasteiger partial charge on any atom is 0.253 e. The summed E-state index contributed by atoms with van der Waals surface area (Å²) < 4.78 is 5.79. The van der Waals surface area contributed by atoms with Crippen molar-refractivity contribution >= 4 is 5.91 Å². The normalized spacial score (nSPS) is 10.2. The Morgan fingerprint density at radius 1 is 0.828 bits per heavy atom. The summed E-state index contributed by atoms with van der Waals surface area (Å²) in [6.45, 7) is 1.49. The van der Waals surface area contributed by atoms with Crippen molar-refractivity contribution in [2.75, 3.05) is 13.1 Å². The van der Waals surface area contributed by atoms with Gasteiger partial charge in [0, 0.05) is 18.7 Å². The summed E-state index contributed by atoms with van der Waals surface area (Å²) >= 11 is 0. The van der Waals surface area contributed by atoms with E-state index < -0.39 is 0 Å². The lowest BCUT2D eigenvalue weighted by Gasteiger charge is -2.22. The van der Waals surface area contributed by atoms with E-state index in [-0.39, 0.29) is 5.91 Å². The van der Waals surface area contributed by atoms with Gasteiger partial charge in [-0.05, 0) is 41.8 Å². The summed E-state index contributed by atoms with van der Waals surface area (Å²) in [6, 6.07) is 29.3. The quantitative estimate of drug-likeness (QED) is 0.529. The zero-order chi connectivity index (χ0) is 20.3. The van der Waals surface area contributed by atoms with Crippen LogP contribution in [-0.4, -0.2) is 23.9 Å². The fraction of sp³-hybridized carbons (Fsp3) is 0.200. The first kappa shape index (κ1) is 20.2. The summed E-state index contributed by atoms with van der Waals surface area (Å²) in [5, 5.41) is 8.94. The molecule has 3 rings (SSSR count). The molecule has 3 aromatic rings. The van der Waals surface area contributed by atoms with Crippen LogP contribution in [0.15, 0.2) is 84.9 Å². The molecule has 0 unspecified atom stereocenters. The summed E-state index contributed by atoms with van der Waals surface area (Å²) in [6.07, 6.45) is 1.08. The van der Waals surface area contributed by atoms with Gasteiger partial charge in [0.05, 0.1) is 12.5 Å². The van der Waals surface area contributed by atoms with Crippen molar-refractivity contribution in [3.63, 3.8) is 0 Å². The smallest absolute Gasteiger partial charge is 0.253 e. The lowest BCUT2D eigenvalue weighted by molar-refractivity contribution is 0.0761. The van der Waals surface area contributed by atoms with E-state index in [2.05, 4.69) is 6.07 Å². The molecule has 4 nitrogen and oxygen atoms in total. The molecule has 0 saturated carbocycles. The third kappa shape index (κ3) is 6.22. The molecule has 0 bridgehead atoms. The van der Waals surface area contributed by atoms with Crippen LogP contribution in [-0.2, 0) is 13.0 Å². The van der Waals surface area contributed by atoms with Gasteiger partial charge >= 0.3 is 0 Å². The summed E-state index contributed by atoms with van der Waals surface area (Å²) in [5.74, 6) is 0.657. The number of nitriles is 1. The predicted octanol–water partition coefficient (Wildman–Crippen LogP) is 4.86. The summed E-state index contributed by atoms with van der Waals surface area (Å²) in [5.41, 5.74) is 2.87. The van der Waals surface area contributed by atoms with Crippen molar-refractivity contribution in [1.82, 2.24) is 4.90 Å². The topological polar surface area (TPSA) is 53.3 Å². The lowest BCUT2D eigenvalue weighted by Crippen LogP contribution is -2.33. The van der Waals surface area contributed by atoms with Gasteiger partial charge < -0.3 is 9.64 Å². The van der Waals surface area contributed by atoms with Gasteiger partial charge in [-0.3, -0.25) is 4.79 Å². The van der Waals surface area contributed by atoms with Crippen LogP contribution in [0.3, 0.4) is 0 Å². The second-order valence-corrected chi connectivity index (χ2v) is 6.73. The molecule has 0 atom stereocenters. The Morgan fingerprint density at radius 3 is 2.07 bits per heavy atom. The number of rotatable bonds is 9. The zero-order valence-corrected chi connectivity index (χ0v) is 16.3. The van der Waals surface area contributed by atoms with E-state index in [4.69, 9.17) is 10.00 Å².